The van der Waals surface area contributed by atoms with Gasteiger partial charge in [0.05, 0.1) is 0 Å². The van der Waals surface area contributed by atoms with Crippen LogP contribution in [0.1, 0.15) is 46.5 Å². The maximum Gasteiger partial charge on any atom is 0.00724 e. The Kier molecular flexibility index (Phi) is 3.55. The van der Waals surface area contributed by atoms with Crippen molar-refractivity contribution in [2.75, 3.05) is 6.54 Å². The molecule has 1 saturated carbocycles. The quantitative estimate of drug-likeness (QED) is 0.657. The second-order valence-electron chi connectivity index (χ2n) is 5.27. The molecule has 0 spiro atoms. The summed E-state index contributed by atoms with van der Waals surface area (Å²) >= 11 is 0. The van der Waals surface area contributed by atoms with Crippen LogP contribution in [0.2, 0.25) is 0 Å². The Morgan fingerprint density at radius 3 is 2.69 bits per heavy atom. The van der Waals surface area contributed by atoms with Crippen LogP contribution in [0.4, 0.5) is 0 Å². The molecule has 13 heavy (non-hydrogen) atoms. The third kappa shape index (κ3) is 3.95. The fourth-order valence-electron chi connectivity index (χ4n) is 2.10. The van der Waals surface area contributed by atoms with Crippen molar-refractivity contribution >= 4 is 0 Å². The van der Waals surface area contributed by atoms with Crippen molar-refractivity contribution in [2.24, 2.45) is 5.41 Å². The highest BCUT2D eigenvalue weighted by molar-refractivity contribution is 4.91. The minimum absolute atomic E-state index is 0.570. The maximum absolute atomic E-state index is 3.91. The summed E-state index contributed by atoms with van der Waals surface area (Å²) in [6.07, 6.45) is 5.18. The van der Waals surface area contributed by atoms with Crippen LogP contribution in [0.25, 0.3) is 0 Å². The molecule has 1 nitrogen and oxygen atoms in total. The molecule has 0 bridgehead atoms. The molecule has 0 aromatic heterocycles. The molecule has 1 rings (SSSR count). The lowest BCUT2D eigenvalue weighted by molar-refractivity contribution is 0.365. The molecule has 1 N–H and O–H groups in total. The molecule has 1 atom stereocenters. The molecule has 0 saturated heterocycles. The molecule has 1 heteroatoms. The van der Waals surface area contributed by atoms with E-state index in [1.54, 1.807) is 0 Å². The Bertz CT molecular complexity index is 182. The smallest absolute Gasteiger partial charge is 0.00724 e. The molecule has 1 aliphatic carbocycles. The van der Waals surface area contributed by atoms with E-state index in [0.29, 0.717) is 5.41 Å². The highest BCUT2D eigenvalue weighted by Gasteiger charge is 2.30. The van der Waals surface area contributed by atoms with Gasteiger partial charge < -0.3 is 5.32 Å². The van der Waals surface area contributed by atoms with Crippen LogP contribution in [-0.4, -0.2) is 12.6 Å². The molecule has 1 fully saturated rings. The van der Waals surface area contributed by atoms with Crippen molar-refractivity contribution in [3.05, 3.63) is 12.2 Å². The minimum Gasteiger partial charge on any atom is -0.314 e. The number of nitrogens with one attached hydrogen (secondary N) is 1. The predicted molar refractivity (Wildman–Crippen MR) is 58.9 cm³/mol. The van der Waals surface area contributed by atoms with E-state index >= 15 is 0 Å². The van der Waals surface area contributed by atoms with Gasteiger partial charge in [0, 0.05) is 6.04 Å². The average Bonchev–Trinajstić information content (AvgIpc) is 2.29. The van der Waals surface area contributed by atoms with E-state index in [1.807, 2.05) is 0 Å². The zero-order chi connectivity index (χ0) is 9.90. The predicted octanol–water partition coefficient (Wildman–Crippen LogP) is 3.12. The van der Waals surface area contributed by atoms with Gasteiger partial charge in [-0.15, -0.1) is 6.58 Å². The van der Waals surface area contributed by atoms with Crippen molar-refractivity contribution in [1.82, 2.24) is 5.32 Å². The lowest BCUT2D eigenvalue weighted by atomic mass is 9.92. The second-order valence-corrected chi connectivity index (χ2v) is 5.27. The summed E-state index contributed by atoms with van der Waals surface area (Å²) in [6, 6.07) is 0.759. The van der Waals surface area contributed by atoms with Crippen LogP contribution < -0.4 is 5.32 Å². The minimum atomic E-state index is 0.570. The summed E-state index contributed by atoms with van der Waals surface area (Å²) < 4.78 is 0. The molecule has 76 valence electrons. The van der Waals surface area contributed by atoms with Crippen molar-refractivity contribution in [1.29, 1.82) is 0 Å². The first-order chi connectivity index (χ1) is 5.99. The Morgan fingerprint density at radius 2 is 2.23 bits per heavy atom. The lowest BCUT2D eigenvalue weighted by Crippen LogP contribution is -2.28. The molecule has 1 unspecified atom stereocenters. The van der Waals surface area contributed by atoms with Crippen molar-refractivity contribution in [2.45, 2.75) is 52.5 Å². The van der Waals surface area contributed by atoms with Crippen LogP contribution in [-0.2, 0) is 0 Å². The molecule has 0 aromatic rings. The number of rotatable bonds is 4. The van der Waals surface area contributed by atoms with Gasteiger partial charge >= 0.3 is 0 Å². The summed E-state index contributed by atoms with van der Waals surface area (Å²) in [5.74, 6) is 0. The maximum atomic E-state index is 3.91. The van der Waals surface area contributed by atoms with E-state index in [9.17, 15) is 0 Å². The fourth-order valence-corrected chi connectivity index (χ4v) is 2.10. The first kappa shape index (κ1) is 10.8. The lowest BCUT2D eigenvalue weighted by Gasteiger charge is -2.17. The zero-order valence-electron chi connectivity index (χ0n) is 9.32. The largest absolute Gasteiger partial charge is 0.314 e. The molecular formula is C12H23N. The standard InChI is InChI=1S/C12H23N/c1-10(2)6-8-13-11-5-7-12(3,4)9-11/h11,13H,1,5-9H2,2-4H3. The van der Waals surface area contributed by atoms with Crippen LogP contribution in [0.15, 0.2) is 12.2 Å². The monoisotopic (exact) mass is 181 g/mol. The van der Waals surface area contributed by atoms with Crippen molar-refractivity contribution in [3.63, 3.8) is 0 Å². The van der Waals surface area contributed by atoms with Gasteiger partial charge in [-0.25, -0.2) is 0 Å². The Balaban J connectivity index is 2.14. The van der Waals surface area contributed by atoms with Gasteiger partial charge in [-0.3, -0.25) is 0 Å². The summed E-state index contributed by atoms with van der Waals surface area (Å²) in [4.78, 5) is 0. The van der Waals surface area contributed by atoms with Crippen LogP contribution in [0.3, 0.4) is 0 Å². The zero-order valence-corrected chi connectivity index (χ0v) is 9.32. The van der Waals surface area contributed by atoms with Gasteiger partial charge in [0.25, 0.3) is 0 Å². The van der Waals surface area contributed by atoms with E-state index < -0.39 is 0 Å². The number of hydrogen-bond donors (Lipinski definition) is 1. The van der Waals surface area contributed by atoms with E-state index in [-0.39, 0.29) is 0 Å². The Hall–Kier alpha value is -0.300. The average molecular weight is 181 g/mol. The molecular weight excluding hydrogens is 158 g/mol. The van der Waals surface area contributed by atoms with Crippen molar-refractivity contribution < 1.29 is 0 Å². The third-order valence-electron chi connectivity index (χ3n) is 2.95. The summed E-state index contributed by atoms with van der Waals surface area (Å²) in [7, 11) is 0. The van der Waals surface area contributed by atoms with Crippen molar-refractivity contribution in [3.8, 4) is 0 Å². The van der Waals surface area contributed by atoms with Crippen LogP contribution in [0.5, 0.6) is 0 Å². The van der Waals surface area contributed by atoms with Gasteiger partial charge in [-0.05, 0) is 44.6 Å². The van der Waals surface area contributed by atoms with E-state index in [1.165, 1.54) is 24.8 Å². The topological polar surface area (TPSA) is 12.0 Å². The Morgan fingerprint density at radius 1 is 1.54 bits per heavy atom. The normalized spacial score (nSPS) is 26.2. The Labute approximate surface area is 82.6 Å². The number of hydrogen-bond acceptors (Lipinski definition) is 1. The molecule has 1 aliphatic rings. The SMILES string of the molecule is C=C(C)CCNC1CCC(C)(C)C1. The van der Waals surface area contributed by atoms with Crippen LogP contribution >= 0.6 is 0 Å². The molecule has 0 aromatic carbocycles. The van der Waals surface area contributed by atoms with Crippen LogP contribution in [0, 0.1) is 5.41 Å². The second kappa shape index (κ2) is 4.28. The third-order valence-corrected chi connectivity index (χ3v) is 2.95. The molecule has 0 radical (unpaired) electrons. The summed E-state index contributed by atoms with van der Waals surface area (Å²) in [5, 5.41) is 3.61. The van der Waals surface area contributed by atoms with Gasteiger partial charge in [0.2, 0.25) is 0 Å². The first-order valence-corrected chi connectivity index (χ1v) is 5.37. The first-order valence-electron chi connectivity index (χ1n) is 5.37. The summed E-state index contributed by atoms with van der Waals surface area (Å²) in [6.45, 7) is 11.8. The molecule has 0 aliphatic heterocycles. The summed E-state index contributed by atoms with van der Waals surface area (Å²) in [5.41, 5.74) is 1.85. The van der Waals surface area contributed by atoms with E-state index in [0.717, 1.165) is 19.0 Å². The highest BCUT2D eigenvalue weighted by atomic mass is 14.9. The molecule has 0 amide bonds. The van der Waals surface area contributed by atoms with Gasteiger partial charge in [0.15, 0.2) is 0 Å². The van der Waals surface area contributed by atoms with E-state index in [2.05, 4.69) is 32.7 Å². The van der Waals surface area contributed by atoms with Gasteiger partial charge in [0.1, 0.15) is 0 Å². The fraction of sp³-hybridized carbons (Fsp3) is 0.833. The van der Waals surface area contributed by atoms with Gasteiger partial charge in [-0.2, -0.15) is 0 Å². The van der Waals surface area contributed by atoms with E-state index in [4.69, 9.17) is 0 Å². The molecule has 0 heterocycles. The highest BCUT2D eigenvalue weighted by Crippen LogP contribution is 2.36. The van der Waals surface area contributed by atoms with Gasteiger partial charge in [-0.1, -0.05) is 19.4 Å².